The van der Waals surface area contributed by atoms with Gasteiger partial charge in [-0.25, -0.2) is 4.98 Å². The maximum absolute atomic E-state index is 13.9. The van der Waals surface area contributed by atoms with Crippen LogP contribution in [0.25, 0.3) is 0 Å². The van der Waals surface area contributed by atoms with Crippen molar-refractivity contribution in [3.05, 3.63) is 63.3 Å². The number of ether oxygens (including phenoxy) is 2. The SMILES string of the molecule is CCN1CC[C@H](NC(=O)c2cc(OC)c(Nc3ncc(C(F)(F)F)c(Oc4ccc(C)c5c4C(=O)CC5)n3)cc2Cl)C1. The van der Waals surface area contributed by atoms with E-state index >= 15 is 0 Å². The van der Waals surface area contributed by atoms with Crippen LogP contribution in [-0.4, -0.2) is 59.3 Å². The summed E-state index contributed by atoms with van der Waals surface area (Å²) in [5.41, 5.74) is 1.06. The second-order valence-electron chi connectivity index (χ2n) is 10.2. The Balaban J connectivity index is 1.43. The number of rotatable bonds is 8. The number of likely N-dealkylation sites (N-methyl/N-ethyl adjacent to an activating group) is 1. The van der Waals surface area contributed by atoms with Crippen LogP contribution in [0.5, 0.6) is 17.4 Å². The van der Waals surface area contributed by atoms with E-state index in [0.29, 0.717) is 12.6 Å². The van der Waals surface area contributed by atoms with E-state index in [1.807, 2.05) is 6.92 Å². The van der Waals surface area contributed by atoms with Crippen LogP contribution in [-0.2, 0) is 12.6 Å². The van der Waals surface area contributed by atoms with Crippen LogP contribution in [0.15, 0.2) is 30.5 Å². The minimum atomic E-state index is -4.82. The molecule has 0 unspecified atom stereocenters. The van der Waals surface area contributed by atoms with Gasteiger partial charge < -0.3 is 25.0 Å². The van der Waals surface area contributed by atoms with E-state index < -0.39 is 17.6 Å². The zero-order chi connectivity index (χ0) is 30.2. The first-order valence-corrected chi connectivity index (χ1v) is 13.8. The summed E-state index contributed by atoms with van der Waals surface area (Å²) in [6.45, 7) is 6.42. The van der Waals surface area contributed by atoms with Crippen LogP contribution in [0.1, 0.15) is 57.2 Å². The number of halogens is 4. The molecule has 222 valence electrons. The first kappa shape index (κ1) is 29.6. The normalized spacial score (nSPS) is 16.8. The van der Waals surface area contributed by atoms with Gasteiger partial charge in [-0.2, -0.15) is 18.2 Å². The molecule has 0 spiro atoms. The Morgan fingerprint density at radius 1 is 1.21 bits per heavy atom. The van der Waals surface area contributed by atoms with Gasteiger partial charge in [0, 0.05) is 31.7 Å². The maximum Gasteiger partial charge on any atom is 0.423 e. The Kier molecular flexibility index (Phi) is 8.29. The van der Waals surface area contributed by atoms with Gasteiger partial charge in [0.15, 0.2) is 5.78 Å². The molecule has 2 aliphatic rings. The monoisotopic (exact) mass is 603 g/mol. The summed E-state index contributed by atoms with van der Waals surface area (Å²) < 4.78 is 52.7. The number of anilines is 2. The first-order valence-electron chi connectivity index (χ1n) is 13.4. The van der Waals surface area contributed by atoms with Crippen LogP contribution >= 0.6 is 11.6 Å². The Morgan fingerprint density at radius 2 is 2.00 bits per heavy atom. The van der Waals surface area contributed by atoms with Gasteiger partial charge in [-0.15, -0.1) is 0 Å². The maximum atomic E-state index is 13.9. The third-order valence-electron chi connectivity index (χ3n) is 7.49. The molecule has 1 aromatic heterocycles. The van der Waals surface area contributed by atoms with Crippen LogP contribution < -0.4 is 20.1 Å². The van der Waals surface area contributed by atoms with Crippen LogP contribution in [0, 0.1) is 6.92 Å². The number of nitrogens with zero attached hydrogens (tertiary/aromatic N) is 3. The molecule has 1 aliphatic heterocycles. The number of aryl methyl sites for hydroxylation is 1. The summed E-state index contributed by atoms with van der Waals surface area (Å²) in [4.78, 5) is 35.5. The lowest BCUT2D eigenvalue weighted by Gasteiger charge is -2.18. The molecule has 13 heteroatoms. The highest BCUT2D eigenvalue weighted by Crippen LogP contribution is 2.41. The molecule has 1 aliphatic carbocycles. The number of Topliss-reactive ketones (excluding diaryl/α,β-unsaturated/α-hetero) is 1. The van der Waals surface area contributed by atoms with Crippen molar-refractivity contribution in [3.8, 4) is 17.4 Å². The van der Waals surface area contributed by atoms with Crippen LogP contribution in [0.4, 0.5) is 24.8 Å². The lowest BCUT2D eigenvalue weighted by molar-refractivity contribution is -0.139. The van der Waals surface area contributed by atoms with Gasteiger partial charge in [0.2, 0.25) is 11.8 Å². The number of likely N-dealkylation sites (tertiary alicyclic amines) is 1. The van der Waals surface area contributed by atoms with Crippen molar-refractivity contribution in [2.45, 2.75) is 45.3 Å². The number of carbonyl (C=O) groups is 2. The second-order valence-corrected chi connectivity index (χ2v) is 10.6. The Bertz CT molecular complexity index is 1550. The molecule has 42 heavy (non-hydrogen) atoms. The van der Waals surface area contributed by atoms with Gasteiger partial charge in [0.25, 0.3) is 5.91 Å². The zero-order valence-electron chi connectivity index (χ0n) is 23.2. The topological polar surface area (TPSA) is 106 Å². The fraction of sp³-hybridized carbons (Fsp3) is 0.379. The summed E-state index contributed by atoms with van der Waals surface area (Å²) in [5.74, 6) is -1.40. The number of nitrogens with one attached hydrogen (secondary N) is 2. The molecule has 1 fully saturated rings. The first-order chi connectivity index (χ1) is 20.0. The number of hydrogen-bond donors (Lipinski definition) is 2. The Hall–Kier alpha value is -3.90. The van der Waals surface area contributed by atoms with Crippen molar-refractivity contribution in [2.75, 3.05) is 32.1 Å². The number of ketones is 1. The fourth-order valence-electron chi connectivity index (χ4n) is 5.23. The highest BCUT2D eigenvalue weighted by molar-refractivity contribution is 6.34. The van der Waals surface area contributed by atoms with E-state index in [1.54, 1.807) is 6.07 Å². The highest BCUT2D eigenvalue weighted by atomic mass is 35.5. The molecule has 1 atom stereocenters. The van der Waals surface area contributed by atoms with Gasteiger partial charge in [0.1, 0.15) is 17.1 Å². The number of fused-ring (bicyclic) bond motifs is 1. The summed E-state index contributed by atoms with van der Waals surface area (Å²) in [5, 5.41) is 5.89. The quantitative estimate of drug-likeness (QED) is 0.325. The van der Waals surface area contributed by atoms with Gasteiger partial charge >= 0.3 is 6.18 Å². The highest BCUT2D eigenvalue weighted by Gasteiger charge is 2.37. The molecule has 2 aromatic carbocycles. The second kappa shape index (κ2) is 11.8. The number of amides is 1. The summed E-state index contributed by atoms with van der Waals surface area (Å²) in [6, 6.07) is 5.99. The van der Waals surface area contributed by atoms with Crippen molar-refractivity contribution in [1.82, 2.24) is 20.2 Å². The molecule has 1 amide bonds. The van der Waals surface area contributed by atoms with Crippen molar-refractivity contribution >= 4 is 34.9 Å². The molecule has 1 saturated heterocycles. The Morgan fingerprint density at radius 3 is 2.69 bits per heavy atom. The van der Waals surface area contributed by atoms with E-state index in [4.69, 9.17) is 21.1 Å². The largest absolute Gasteiger partial charge is 0.495 e. The minimum absolute atomic E-state index is 0.00596. The van der Waals surface area contributed by atoms with Gasteiger partial charge in [-0.1, -0.05) is 24.6 Å². The van der Waals surface area contributed by atoms with Crippen LogP contribution in [0.2, 0.25) is 5.02 Å². The molecule has 0 bridgehead atoms. The van der Waals surface area contributed by atoms with E-state index in [1.165, 1.54) is 25.3 Å². The molecule has 3 aromatic rings. The standard InChI is InChI=1S/C29H29ClF3N5O4/c1-4-38-10-9-16(14-38)35-26(40)18-11-24(41-3)21(12-20(18)30)36-28-34-13-19(29(31,32)33)27(37-28)42-23-8-5-15(2)17-6-7-22(39)25(17)23/h5,8,11-13,16H,4,6-7,9-10,14H2,1-3H3,(H,35,40)(H,34,36,37)/t16-/m0/s1. The third-order valence-corrected chi connectivity index (χ3v) is 7.80. The Labute approximate surface area is 245 Å². The molecule has 0 saturated carbocycles. The molecular formula is C29H29ClF3N5O4. The molecule has 0 radical (unpaired) electrons. The predicted molar refractivity (Wildman–Crippen MR) is 150 cm³/mol. The van der Waals surface area contributed by atoms with Crippen LogP contribution in [0.3, 0.4) is 0 Å². The van der Waals surface area contributed by atoms with Crippen molar-refractivity contribution in [3.63, 3.8) is 0 Å². The average molecular weight is 604 g/mol. The van der Waals surface area contributed by atoms with E-state index in [0.717, 1.165) is 37.2 Å². The lowest BCUT2D eigenvalue weighted by atomic mass is 10.0. The predicted octanol–water partition coefficient (Wildman–Crippen LogP) is 5.95. The smallest absolute Gasteiger partial charge is 0.423 e. The number of benzene rings is 2. The van der Waals surface area contributed by atoms with E-state index in [-0.39, 0.29) is 63.4 Å². The number of carbonyl (C=O) groups excluding carboxylic acids is 2. The van der Waals surface area contributed by atoms with Gasteiger partial charge in [0.05, 0.1) is 28.9 Å². The summed E-state index contributed by atoms with van der Waals surface area (Å²) in [6.07, 6.45) is -2.66. The summed E-state index contributed by atoms with van der Waals surface area (Å²) >= 11 is 6.45. The van der Waals surface area contributed by atoms with Gasteiger partial charge in [-0.3, -0.25) is 9.59 Å². The molecule has 2 heterocycles. The molecular weight excluding hydrogens is 575 g/mol. The summed E-state index contributed by atoms with van der Waals surface area (Å²) in [7, 11) is 1.38. The van der Waals surface area contributed by atoms with Gasteiger partial charge in [-0.05, 0) is 55.6 Å². The number of methoxy groups -OCH3 is 1. The van der Waals surface area contributed by atoms with Crippen molar-refractivity contribution in [2.24, 2.45) is 0 Å². The third kappa shape index (κ3) is 6.00. The zero-order valence-corrected chi connectivity index (χ0v) is 23.9. The lowest BCUT2D eigenvalue weighted by Crippen LogP contribution is -2.37. The molecule has 5 rings (SSSR count). The van der Waals surface area contributed by atoms with Crippen molar-refractivity contribution in [1.29, 1.82) is 0 Å². The van der Waals surface area contributed by atoms with E-state index in [9.17, 15) is 22.8 Å². The number of aromatic nitrogens is 2. The molecule has 9 nitrogen and oxygen atoms in total. The minimum Gasteiger partial charge on any atom is -0.495 e. The number of alkyl halides is 3. The fourth-order valence-corrected chi connectivity index (χ4v) is 5.47. The molecule has 2 N–H and O–H groups in total. The number of hydrogen-bond acceptors (Lipinski definition) is 8. The average Bonchev–Trinajstić information content (AvgIpc) is 3.56. The van der Waals surface area contributed by atoms with E-state index in [2.05, 4.69) is 32.4 Å². The van der Waals surface area contributed by atoms with Crippen molar-refractivity contribution < 1.29 is 32.2 Å².